The molecule has 0 unspecified atom stereocenters. The minimum absolute atomic E-state index is 0. The van der Waals surface area contributed by atoms with Crippen LogP contribution < -0.4 is 10.0 Å². The molecule has 1 aromatic carbocycles. The van der Waals surface area contributed by atoms with Crippen LogP contribution in [-0.2, 0) is 10.0 Å². The van der Waals surface area contributed by atoms with Crippen molar-refractivity contribution >= 4 is 45.4 Å². The number of thiophene rings is 1. The summed E-state index contributed by atoms with van der Waals surface area (Å²) in [6, 6.07) is 9.96. The van der Waals surface area contributed by atoms with Crippen LogP contribution in [0.3, 0.4) is 0 Å². The molecule has 1 aliphatic rings. The topological polar surface area (TPSA) is 78.5 Å². The normalized spacial score (nSPS) is 17.6. The highest BCUT2D eigenvalue weighted by molar-refractivity contribution is 7.94. The maximum absolute atomic E-state index is 12.7. The van der Waals surface area contributed by atoms with E-state index in [0.29, 0.717) is 17.8 Å². The molecule has 1 fully saturated rings. The number of carbonyl (C=O) groups excluding carboxylic acids is 1. The van der Waals surface area contributed by atoms with Gasteiger partial charge in [-0.3, -0.25) is 9.52 Å². The Morgan fingerprint density at radius 3 is 2.80 bits per heavy atom. The lowest BCUT2D eigenvalue weighted by Crippen LogP contribution is -2.52. The second-order valence-electron chi connectivity index (χ2n) is 5.67. The summed E-state index contributed by atoms with van der Waals surface area (Å²) in [5.74, 6) is -0.0822. The number of piperazine rings is 1. The Labute approximate surface area is 157 Å². The lowest BCUT2D eigenvalue weighted by Gasteiger charge is -2.34. The van der Waals surface area contributed by atoms with Gasteiger partial charge in [0.05, 0.1) is 0 Å². The van der Waals surface area contributed by atoms with Crippen molar-refractivity contribution in [3.63, 3.8) is 0 Å². The van der Waals surface area contributed by atoms with E-state index in [9.17, 15) is 13.2 Å². The van der Waals surface area contributed by atoms with Gasteiger partial charge in [0.1, 0.15) is 4.21 Å². The highest BCUT2D eigenvalue weighted by atomic mass is 35.5. The van der Waals surface area contributed by atoms with Crippen LogP contribution in [-0.4, -0.2) is 44.9 Å². The summed E-state index contributed by atoms with van der Waals surface area (Å²) in [6.45, 7) is 4.16. The fourth-order valence-corrected chi connectivity index (χ4v) is 4.69. The number of carbonyl (C=O) groups is 1. The fourth-order valence-electron chi connectivity index (χ4n) is 2.65. The fraction of sp³-hybridized carbons (Fsp3) is 0.312. The monoisotopic (exact) mass is 401 g/mol. The van der Waals surface area contributed by atoms with Crippen molar-refractivity contribution in [2.45, 2.75) is 17.2 Å². The van der Waals surface area contributed by atoms with Gasteiger partial charge in [0.25, 0.3) is 15.9 Å². The third-order valence-electron chi connectivity index (χ3n) is 3.88. The third-order valence-corrected chi connectivity index (χ3v) is 6.66. The zero-order valence-electron chi connectivity index (χ0n) is 13.6. The number of nitrogens with zero attached hydrogens (tertiary/aromatic N) is 1. The van der Waals surface area contributed by atoms with Crippen LogP contribution in [0.25, 0.3) is 0 Å². The van der Waals surface area contributed by atoms with E-state index in [2.05, 4.69) is 10.0 Å². The molecule has 0 spiro atoms. The number of nitrogens with one attached hydrogen (secondary N) is 2. The average molecular weight is 402 g/mol. The summed E-state index contributed by atoms with van der Waals surface area (Å²) in [6.07, 6.45) is 0. The predicted octanol–water partition coefficient (Wildman–Crippen LogP) is 2.40. The van der Waals surface area contributed by atoms with Gasteiger partial charge in [-0.2, -0.15) is 0 Å². The van der Waals surface area contributed by atoms with Gasteiger partial charge in [0.15, 0.2) is 0 Å². The van der Waals surface area contributed by atoms with E-state index >= 15 is 0 Å². The van der Waals surface area contributed by atoms with Gasteiger partial charge in [0.2, 0.25) is 0 Å². The molecule has 0 aliphatic carbocycles. The Morgan fingerprint density at radius 1 is 1.32 bits per heavy atom. The molecule has 25 heavy (non-hydrogen) atoms. The van der Waals surface area contributed by atoms with Crippen molar-refractivity contribution in [3.8, 4) is 0 Å². The molecule has 0 saturated carbocycles. The molecule has 2 heterocycles. The van der Waals surface area contributed by atoms with Gasteiger partial charge in [-0.25, -0.2) is 8.42 Å². The molecule has 1 atom stereocenters. The minimum Gasteiger partial charge on any atom is -0.333 e. The number of amides is 1. The number of hydrogen-bond acceptors (Lipinski definition) is 5. The van der Waals surface area contributed by atoms with Crippen LogP contribution >= 0.6 is 23.7 Å². The molecule has 0 bridgehead atoms. The Kier molecular flexibility index (Phi) is 6.45. The Morgan fingerprint density at radius 2 is 2.12 bits per heavy atom. The third kappa shape index (κ3) is 4.52. The maximum atomic E-state index is 12.7. The van der Waals surface area contributed by atoms with Gasteiger partial charge in [-0.05, 0) is 36.6 Å². The molecule has 1 aromatic heterocycles. The summed E-state index contributed by atoms with van der Waals surface area (Å²) in [7, 11) is -3.61. The van der Waals surface area contributed by atoms with E-state index in [1.54, 1.807) is 41.8 Å². The summed E-state index contributed by atoms with van der Waals surface area (Å²) >= 11 is 1.15. The first-order chi connectivity index (χ1) is 11.5. The SMILES string of the molecule is C[C@@H]1CNCCN1C(=O)c1cccc(NS(=O)(=O)c2cccs2)c1.Cl. The Hall–Kier alpha value is -1.61. The van der Waals surface area contributed by atoms with Crippen LogP contribution in [0.15, 0.2) is 46.0 Å². The maximum Gasteiger partial charge on any atom is 0.271 e. The number of rotatable bonds is 4. The molecular weight excluding hydrogens is 382 g/mol. The molecule has 2 aromatic rings. The van der Waals surface area contributed by atoms with Crippen molar-refractivity contribution in [3.05, 3.63) is 47.3 Å². The molecule has 6 nitrogen and oxygen atoms in total. The van der Waals surface area contributed by atoms with E-state index in [-0.39, 0.29) is 28.6 Å². The van der Waals surface area contributed by atoms with Gasteiger partial charge >= 0.3 is 0 Å². The number of sulfonamides is 1. The molecular formula is C16H20ClN3O3S2. The molecule has 136 valence electrons. The molecule has 2 N–H and O–H groups in total. The van der Waals surface area contributed by atoms with E-state index in [0.717, 1.165) is 24.4 Å². The summed E-state index contributed by atoms with van der Waals surface area (Å²) < 4.78 is 27.4. The average Bonchev–Trinajstić information content (AvgIpc) is 3.10. The van der Waals surface area contributed by atoms with Crippen molar-refractivity contribution in [1.82, 2.24) is 10.2 Å². The van der Waals surface area contributed by atoms with Gasteiger partial charge in [0, 0.05) is 36.9 Å². The zero-order chi connectivity index (χ0) is 17.2. The summed E-state index contributed by atoms with van der Waals surface area (Å²) in [4.78, 5) is 14.5. The van der Waals surface area contributed by atoms with Gasteiger partial charge in [-0.1, -0.05) is 12.1 Å². The number of hydrogen-bond donors (Lipinski definition) is 2. The quantitative estimate of drug-likeness (QED) is 0.824. The lowest BCUT2D eigenvalue weighted by molar-refractivity contribution is 0.0656. The standard InChI is InChI=1S/C16H19N3O3S2.ClH/c1-12-11-17-7-8-19(12)16(20)13-4-2-5-14(10-13)18-24(21,22)15-6-3-9-23-15;/h2-6,9-10,12,17-18H,7-8,11H2,1H3;1H/t12-;/m1./s1. The summed E-state index contributed by atoms with van der Waals surface area (Å²) in [5.41, 5.74) is 0.868. The van der Waals surface area contributed by atoms with Crippen LogP contribution in [0, 0.1) is 0 Å². The van der Waals surface area contributed by atoms with Crippen molar-refractivity contribution in [2.75, 3.05) is 24.4 Å². The predicted molar refractivity (Wildman–Crippen MR) is 102 cm³/mol. The summed E-state index contributed by atoms with van der Waals surface area (Å²) in [5, 5.41) is 4.95. The van der Waals surface area contributed by atoms with E-state index in [1.165, 1.54) is 0 Å². The second-order valence-corrected chi connectivity index (χ2v) is 8.53. The molecule has 0 radical (unpaired) electrons. The number of halogens is 1. The van der Waals surface area contributed by atoms with Crippen molar-refractivity contribution in [2.24, 2.45) is 0 Å². The number of anilines is 1. The molecule has 1 aliphatic heterocycles. The first-order valence-corrected chi connectivity index (χ1v) is 10.0. The lowest BCUT2D eigenvalue weighted by atomic mass is 10.1. The molecule has 1 saturated heterocycles. The number of benzene rings is 1. The van der Waals surface area contributed by atoms with Crippen LogP contribution in [0.1, 0.15) is 17.3 Å². The van der Waals surface area contributed by atoms with Crippen molar-refractivity contribution < 1.29 is 13.2 Å². The van der Waals surface area contributed by atoms with Gasteiger partial charge < -0.3 is 10.2 Å². The molecule has 1 amide bonds. The van der Waals surface area contributed by atoms with E-state index < -0.39 is 10.0 Å². The molecule has 3 rings (SSSR count). The second kappa shape index (κ2) is 8.18. The van der Waals surface area contributed by atoms with E-state index in [4.69, 9.17) is 0 Å². The highest BCUT2D eigenvalue weighted by Gasteiger charge is 2.24. The van der Waals surface area contributed by atoms with Crippen LogP contribution in [0.5, 0.6) is 0 Å². The largest absolute Gasteiger partial charge is 0.333 e. The first kappa shape index (κ1) is 19.7. The highest BCUT2D eigenvalue weighted by Crippen LogP contribution is 2.21. The Bertz CT molecular complexity index is 825. The zero-order valence-corrected chi connectivity index (χ0v) is 16.1. The van der Waals surface area contributed by atoms with Crippen molar-refractivity contribution in [1.29, 1.82) is 0 Å². The van der Waals surface area contributed by atoms with Gasteiger partial charge in [-0.15, -0.1) is 23.7 Å². The molecule has 9 heteroatoms. The minimum atomic E-state index is -3.61. The van der Waals surface area contributed by atoms with Crippen LogP contribution in [0.4, 0.5) is 5.69 Å². The van der Waals surface area contributed by atoms with Crippen LogP contribution in [0.2, 0.25) is 0 Å². The Balaban J connectivity index is 0.00000225. The first-order valence-electron chi connectivity index (χ1n) is 7.65. The van der Waals surface area contributed by atoms with E-state index in [1.807, 2.05) is 11.8 Å². The smallest absolute Gasteiger partial charge is 0.271 e.